The number of allylic oxidation sites excluding steroid dienone is 2. The van der Waals surface area contributed by atoms with E-state index in [0.29, 0.717) is 25.7 Å². The van der Waals surface area contributed by atoms with Crippen molar-refractivity contribution < 1.29 is 41.8 Å². The highest BCUT2D eigenvalue weighted by atomic mass is 28.4. The molecule has 1 aromatic carbocycles. The maximum Gasteiger partial charge on any atom is 0.416 e. The number of carboxylic acids is 1. The number of unbranched alkanes of at least 4 members (excludes halogenated alkanes) is 1. The van der Waals surface area contributed by atoms with Gasteiger partial charge in [0.1, 0.15) is 12.4 Å². The minimum atomic E-state index is -4.47. The van der Waals surface area contributed by atoms with Crippen molar-refractivity contribution in [1.82, 2.24) is 0 Å². The van der Waals surface area contributed by atoms with Crippen molar-refractivity contribution >= 4 is 22.6 Å². The fraction of sp³-hybridized carbons (Fsp3) is 0.686. The molecule has 11 heteroatoms. The van der Waals surface area contributed by atoms with Gasteiger partial charge in [0.25, 0.3) is 0 Å². The van der Waals surface area contributed by atoms with E-state index in [-0.39, 0.29) is 46.8 Å². The van der Waals surface area contributed by atoms with Gasteiger partial charge < -0.3 is 23.8 Å². The number of hydrogen-bond donors (Lipinski definition) is 2. The maximum absolute atomic E-state index is 13.3. The van der Waals surface area contributed by atoms with Gasteiger partial charge in [-0.2, -0.15) is 13.2 Å². The number of hydrogen-bond acceptors (Lipinski definition) is 5. The van der Waals surface area contributed by atoms with E-state index in [1.54, 1.807) is 0 Å². The molecule has 0 aliphatic heterocycles. The summed E-state index contributed by atoms with van der Waals surface area (Å²) in [5.74, 6) is -0.958. The molecule has 1 aliphatic rings. The molecule has 1 aromatic rings. The summed E-state index contributed by atoms with van der Waals surface area (Å²) in [4.78, 5) is 10.9. The first-order valence-corrected chi connectivity index (χ1v) is 22.1. The first-order chi connectivity index (χ1) is 20.9. The van der Waals surface area contributed by atoms with E-state index in [2.05, 4.69) is 73.8 Å². The van der Waals surface area contributed by atoms with Crippen LogP contribution in [-0.2, 0) is 19.8 Å². The van der Waals surface area contributed by atoms with Crippen molar-refractivity contribution in [3.8, 4) is 5.75 Å². The van der Waals surface area contributed by atoms with Crippen LogP contribution in [0.1, 0.15) is 79.2 Å². The Bertz CT molecular complexity index is 1180. The first-order valence-electron chi connectivity index (χ1n) is 16.3. The van der Waals surface area contributed by atoms with Crippen LogP contribution in [0.5, 0.6) is 5.75 Å². The molecule has 0 aromatic heterocycles. The Balaban J connectivity index is 2.37. The Hall–Kier alpha value is -1.93. The number of benzene rings is 1. The lowest BCUT2D eigenvalue weighted by Gasteiger charge is -2.40. The Morgan fingerprint density at radius 2 is 1.65 bits per heavy atom. The molecule has 0 bridgehead atoms. The fourth-order valence-corrected chi connectivity index (χ4v) is 7.63. The molecular formula is C35H57F3O6Si2. The molecule has 46 heavy (non-hydrogen) atoms. The number of aliphatic hydroxyl groups excluding tert-OH is 1. The Morgan fingerprint density at radius 3 is 2.22 bits per heavy atom. The second-order valence-corrected chi connectivity index (χ2v) is 25.1. The molecule has 0 spiro atoms. The van der Waals surface area contributed by atoms with Gasteiger partial charge in [-0.15, -0.1) is 0 Å². The van der Waals surface area contributed by atoms with Crippen molar-refractivity contribution in [2.75, 3.05) is 6.61 Å². The number of aliphatic carboxylic acids is 1. The number of halogens is 3. The molecular weight excluding hydrogens is 630 g/mol. The molecule has 262 valence electrons. The van der Waals surface area contributed by atoms with Gasteiger partial charge in [0.15, 0.2) is 16.6 Å². The van der Waals surface area contributed by atoms with Crippen molar-refractivity contribution in [1.29, 1.82) is 0 Å². The molecule has 1 aliphatic carbocycles. The molecule has 0 radical (unpaired) electrons. The van der Waals surface area contributed by atoms with Crippen molar-refractivity contribution in [2.24, 2.45) is 11.8 Å². The SMILES string of the molecule is CC(C)(C)[Si](C)(C)OC(/C=C/[C@H]1C(O)CC(O[Si](C)(C)C(C)(C)C)C1C/C=C\CCCC(=O)O)COc1cccc(C(F)(F)F)c1. The van der Waals surface area contributed by atoms with Gasteiger partial charge in [-0.05, 0) is 86.1 Å². The van der Waals surface area contributed by atoms with Crippen LogP contribution in [0.4, 0.5) is 13.2 Å². The van der Waals surface area contributed by atoms with E-state index in [4.69, 9.17) is 18.7 Å². The third-order valence-electron chi connectivity index (χ3n) is 9.85. The first kappa shape index (κ1) is 40.2. The number of aliphatic hydroxyl groups is 1. The lowest BCUT2D eigenvalue weighted by molar-refractivity contribution is -0.138. The zero-order valence-corrected chi connectivity index (χ0v) is 31.4. The zero-order chi connectivity index (χ0) is 35.1. The number of carboxylic acid groups (broad SMARTS) is 1. The number of rotatable bonds is 15. The van der Waals surface area contributed by atoms with Crippen LogP contribution in [0, 0.1) is 11.8 Å². The number of carbonyl (C=O) groups is 1. The quantitative estimate of drug-likeness (QED) is 0.109. The van der Waals surface area contributed by atoms with Crippen molar-refractivity contribution in [3.05, 3.63) is 54.1 Å². The molecule has 1 saturated carbocycles. The van der Waals surface area contributed by atoms with E-state index in [1.165, 1.54) is 12.1 Å². The number of alkyl halides is 3. The van der Waals surface area contributed by atoms with Gasteiger partial charge in [0.2, 0.25) is 0 Å². The molecule has 0 heterocycles. The fourth-order valence-electron chi connectivity index (χ4n) is 4.99. The molecule has 0 saturated heterocycles. The van der Waals surface area contributed by atoms with E-state index in [0.717, 1.165) is 12.1 Å². The third kappa shape index (κ3) is 11.9. The van der Waals surface area contributed by atoms with Gasteiger partial charge in [0, 0.05) is 12.3 Å². The van der Waals surface area contributed by atoms with Crippen molar-refractivity contribution in [2.45, 2.75) is 134 Å². The number of ether oxygens (including phenoxy) is 1. The van der Waals surface area contributed by atoms with Crippen LogP contribution in [0.15, 0.2) is 48.6 Å². The lowest BCUT2D eigenvalue weighted by atomic mass is 9.89. The van der Waals surface area contributed by atoms with E-state index < -0.39 is 46.6 Å². The summed E-state index contributed by atoms with van der Waals surface area (Å²) in [5, 5.41) is 20.2. The van der Waals surface area contributed by atoms with Crippen LogP contribution < -0.4 is 4.74 Å². The van der Waals surface area contributed by atoms with E-state index in [9.17, 15) is 23.1 Å². The predicted molar refractivity (Wildman–Crippen MR) is 183 cm³/mol. The highest BCUT2D eigenvalue weighted by Crippen LogP contribution is 2.45. The third-order valence-corrected chi connectivity index (χ3v) is 18.9. The predicted octanol–water partition coefficient (Wildman–Crippen LogP) is 9.62. The second-order valence-electron chi connectivity index (χ2n) is 15.6. The maximum atomic E-state index is 13.3. The molecule has 6 nitrogen and oxygen atoms in total. The summed E-state index contributed by atoms with van der Waals surface area (Å²) in [5.41, 5.74) is -0.775. The van der Waals surface area contributed by atoms with E-state index in [1.807, 2.05) is 18.2 Å². The van der Waals surface area contributed by atoms with Gasteiger partial charge in [-0.25, -0.2) is 0 Å². The summed E-state index contributed by atoms with van der Waals surface area (Å²) in [7, 11) is -4.47. The Labute approximate surface area is 276 Å². The average Bonchev–Trinajstić information content (AvgIpc) is 3.18. The summed E-state index contributed by atoms with van der Waals surface area (Å²) < 4.78 is 59.4. The monoisotopic (exact) mass is 686 g/mol. The molecule has 5 atom stereocenters. The van der Waals surface area contributed by atoms with E-state index >= 15 is 0 Å². The van der Waals surface area contributed by atoms with Crippen LogP contribution in [0.25, 0.3) is 0 Å². The van der Waals surface area contributed by atoms with Gasteiger partial charge >= 0.3 is 12.1 Å². The Morgan fingerprint density at radius 1 is 1.02 bits per heavy atom. The van der Waals surface area contributed by atoms with Crippen LogP contribution in [-0.4, -0.2) is 57.7 Å². The standard InChI is InChI=1S/C35H57F3O6Si2/c1-33(2,3)45(7,8)43-27(24-42-26-17-15-16-25(22-26)35(36,37)38)20-21-28-29(18-13-11-12-14-19-32(40)41)31(23-30(28)39)44-46(9,10)34(4,5)6/h11,13,15-17,20-22,27-31,39H,12,14,18-19,23-24H2,1-10H3,(H,40,41)/b13-11-,21-20+/t27?,28-,29?,30?,31?/m1/s1. The molecule has 1 fully saturated rings. The Kier molecular flexibility index (Phi) is 14.0. The van der Waals surface area contributed by atoms with Crippen LogP contribution in [0.2, 0.25) is 36.3 Å². The van der Waals surface area contributed by atoms with Gasteiger partial charge in [-0.1, -0.05) is 71.9 Å². The van der Waals surface area contributed by atoms with Gasteiger partial charge in [-0.3, -0.25) is 4.79 Å². The normalized spacial score (nSPS) is 22.6. The van der Waals surface area contributed by atoms with Crippen molar-refractivity contribution in [3.63, 3.8) is 0 Å². The lowest BCUT2D eigenvalue weighted by Crippen LogP contribution is -2.45. The van der Waals surface area contributed by atoms with Crippen LogP contribution in [0.3, 0.4) is 0 Å². The topological polar surface area (TPSA) is 85.2 Å². The second kappa shape index (κ2) is 16.0. The zero-order valence-electron chi connectivity index (χ0n) is 29.4. The smallest absolute Gasteiger partial charge is 0.416 e. The summed E-state index contributed by atoms with van der Waals surface area (Å²) >= 11 is 0. The average molecular weight is 687 g/mol. The summed E-state index contributed by atoms with van der Waals surface area (Å²) in [6.07, 6.45) is 4.62. The summed E-state index contributed by atoms with van der Waals surface area (Å²) in [6, 6.07) is 4.84. The molecule has 4 unspecified atom stereocenters. The highest BCUT2D eigenvalue weighted by molar-refractivity contribution is 6.74. The largest absolute Gasteiger partial charge is 0.491 e. The van der Waals surface area contributed by atoms with Gasteiger partial charge in [0.05, 0.1) is 23.9 Å². The molecule has 2 N–H and O–H groups in total. The molecule has 0 amide bonds. The summed E-state index contributed by atoms with van der Waals surface area (Å²) in [6.45, 7) is 21.6. The minimum Gasteiger partial charge on any atom is -0.491 e. The minimum absolute atomic E-state index is 0.00798. The molecule has 2 rings (SSSR count). The highest BCUT2D eigenvalue weighted by Gasteiger charge is 2.47. The van der Waals surface area contributed by atoms with Crippen LogP contribution >= 0.6 is 0 Å².